The van der Waals surface area contributed by atoms with E-state index in [9.17, 15) is 14.4 Å². The number of nitrogens with zero attached hydrogens (tertiary/aromatic N) is 1. The minimum absolute atomic E-state index is 0.0225. The highest BCUT2D eigenvalue weighted by Crippen LogP contribution is 2.19. The maximum absolute atomic E-state index is 12.5. The predicted molar refractivity (Wildman–Crippen MR) is 108 cm³/mol. The lowest BCUT2D eigenvalue weighted by Crippen LogP contribution is -2.12. The Morgan fingerprint density at radius 2 is 1.39 bits per heavy atom. The average Bonchev–Trinajstić information content (AvgIpc) is 2.69. The summed E-state index contributed by atoms with van der Waals surface area (Å²) in [5, 5.41) is 5.92. The van der Waals surface area contributed by atoms with Crippen molar-refractivity contribution in [3.8, 4) is 0 Å². The Labute approximate surface area is 162 Å². The van der Waals surface area contributed by atoms with Crippen LogP contribution in [0, 0.1) is 0 Å². The van der Waals surface area contributed by atoms with Crippen molar-refractivity contribution in [3.05, 3.63) is 83.7 Å². The molecular formula is C22H19N3O3. The Balaban J connectivity index is 1.73. The van der Waals surface area contributed by atoms with Crippen LogP contribution in [0.2, 0.25) is 0 Å². The first kappa shape index (κ1) is 19.0. The summed E-state index contributed by atoms with van der Waals surface area (Å²) in [5.74, 6) is -0.371. The largest absolute Gasteiger partial charge is 0.354 e. The van der Waals surface area contributed by atoms with Crippen molar-refractivity contribution in [1.82, 2.24) is 4.98 Å². The predicted octanol–water partition coefficient (Wildman–Crippen LogP) is 4.48. The molecule has 1 amide bonds. The highest BCUT2D eigenvalue weighted by Gasteiger charge is 2.09. The summed E-state index contributed by atoms with van der Waals surface area (Å²) >= 11 is 0. The standard InChI is InChI=1S/C22H19N3O3/c1-14(26)16-6-8-19(9-7-16)25-22(28)18-11-21(13-23-12-18)24-20-5-3-4-17(10-20)15(2)27/h3-13,24H,1-2H3,(H,25,28). The molecule has 140 valence electrons. The monoisotopic (exact) mass is 373 g/mol. The first-order valence-electron chi connectivity index (χ1n) is 8.68. The minimum atomic E-state index is -0.316. The smallest absolute Gasteiger partial charge is 0.257 e. The van der Waals surface area contributed by atoms with E-state index in [4.69, 9.17) is 0 Å². The van der Waals surface area contributed by atoms with Gasteiger partial charge in [0.15, 0.2) is 11.6 Å². The summed E-state index contributed by atoms with van der Waals surface area (Å²) < 4.78 is 0. The molecule has 1 aromatic heterocycles. The van der Waals surface area contributed by atoms with E-state index in [2.05, 4.69) is 15.6 Å². The van der Waals surface area contributed by atoms with E-state index in [-0.39, 0.29) is 17.5 Å². The van der Waals surface area contributed by atoms with Gasteiger partial charge >= 0.3 is 0 Å². The fourth-order valence-electron chi connectivity index (χ4n) is 2.61. The Morgan fingerprint density at radius 1 is 0.714 bits per heavy atom. The molecular weight excluding hydrogens is 354 g/mol. The molecule has 0 radical (unpaired) electrons. The lowest BCUT2D eigenvalue weighted by molar-refractivity contribution is 0.100. The second-order valence-electron chi connectivity index (χ2n) is 6.31. The third-order valence-corrected chi connectivity index (χ3v) is 4.11. The molecule has 0 spiro atoms. The van der Waals surface area contributed by atoms with Crippen LogP contribution in [0.4, 0.5) is 17.1 Å². The van der Waals surface area contributed by atoms with Gasteiger partial charge in [0.1, 0.15) is 0 Å². The molecule has 6 nitrogen and oxygen atoms in total. The number of benzene rings is 2. The second kappa shape index (κ2) is 8.26. The number of Topliss-reactive ketones (excluding diaryl/α,β-unsaturated/α-hetero) is 2. The summed E-state index contributed by atoms with van der Waals surface area (Å²) in [6, 6.07) is 15.5. The highest BCUT2D eigenvalue weighted by atomic mass is 16.1. The van der Waals surface area contributed by atoms with Gasteiger partial charge in [-0.2, -0.15) is 0 Å². The molecule has 2 aromatic carbocycles. The van der Waals surface area contributed by atoms with Crippen LogP contribution < -0.4 is 10.6 Å². The summed E-state index contributed by atoms with van der Waals surface area (Å²) in [6.45, 7) is 3.00. The number of hydrogen-bond donors (Lipinski definition) is 2. The Bertz CT molecular complexity index is 1040. The summed E-state index contributed by atoms with van der Waals surface area (Å²) in [6.07, 6.45) is 3.06. The molecule has 0 atom stereocenters. The number of nitrogens with one attached hydrogen (secondary N) is 2. The molecule has 0 saturated heterocycles. The van der Waals surface area contributed by atoms with E-state index in [0.29, 0.717) is 28.1 Å². The van der Waals surface area contributed by atoms with E-state index < -0.39 is 0 Å². The van der Waals surface area contributed by atoms with E-state index in [1.165, 1.54) is 20.0 Å². The second-order valence-corrected chi connectivity index (χ2v) is 6.31. The van der Waals surface area contributed by atoms with Crippen LogP contribution >= 0.6 is 0 Å². The molecule has 0 aliphatic carbocycles. The highest BCUT2D eigenvalue weighted by molar-refractivity contribution is 6.05. The van der Waals surface area contributed by atoms with Gasteiger partial charge in [0, 0.05) is 28.7 Å². The molecule has 0 unspecified atom stereocenters. The number of aromatic nitrogens is 1. The van der Waals surface area contributed by atoms with E-state index in [0.717, 1.165) is 5.69 Å². The first-order chi connectivity index (χ1) is 13.4. The molecule has 1 heterocycles. The Hall–Kier alpha value is -3.80. The molecule has 0 aliphatic rings. The maximum atomic E-state index is 12.5. The average molecular weight is 373 g/mol. The molecule has 28 heavy (non-hydrogen) atoms. The van der Waals surface area contributed by atoms with Crippen molar-refractivity contribution in [3.63, 3.8) is 0 Å². The number of carbonyl (C=O) groups is 3. The number of rotatable bonds is 6. The normalized spacial score (nSPS) is 10.2. The molecule has 0 saturated carbocycles. The van der Waals surface area contributed by atoms with Crippen molar-refractivity contribution in [2.45, 2.75) is 13.8 Å². The SMILES string of the molecule is CC(=O)c1ccc(NC(=O)c2cncc(Nc3cccc(C(C)=O)c3)c2)cc1. The molecule has 6 heteroatoms. The van der Waals surface area contributed by atoms with E-state index >= 15 is 0 Å². The van der Waals surface area contributed by atoms with Gasteiger partial charge < -0.3 is 10.6 Å². The number of carbonyl (C=O) groups excluding carboxylic acids is 3. The van der Waals surface area contributed by atoms with Gasteiger partial charge in [-0.1, -0.05) is 12.1 Å². The van der Waals surface area contributed by atoms with Gasteiger partial charge in [-0.25, -0.2) is 0 Å². The third kappa shape index (κ3) is 4.67. The lowest BCUT2D eigenvalue weighted by atomic mass is 10.1. The van der Waals surface area contributed by atoms with Gasteiger partial charge in [0.25, 0.3) is 5.91 Å². The van der Waals surface area contributed by atoms with Crippen LogP contribution in [0.1, 0.15) is 44.9 Å². The fourth-order valence-corrected chi connectivity index (χ4v) is 2.61. The van der Waals surface area contributed by atoms with Crippen LogP contribution in [0.5, 0.6) is 0 Å². The van der Waals surface area contributed by atoms with Crippen molar-refractivity contribution in [1.29, 1.82) is 0 Å². The van der Waals surface area contributed by atoms with Crippen LogP contribution in [-0.4, -0.2) is 22.5 Å². The molecule has 0 fully saturated rings. The van der Waals surface area contributed by atoms with Gasteiger partial charge in [-0.3, -0.25) is 19.4 Å². The van der Waals surface area contributed by atoms with Crippen molar-refractivity contribution < 1.29 is 14.4 Å². The van der Waals surface area contributed by atoms with Crippen LogP contribution in [0.25, 0.3) is 0 Å². The van der Waals surface area contributed by atoms with Gasteiger partial charge in [0.05, 0.1) is 17.4 Å². The molecule has 0 aliphatic heterocycles. The zero-order chi connectivity index (χ0) is 20.1. The van der Waals surface area contributed by atoms with Gasteiger partial charge in [0.2, 0.25) is 0 Å². The summed E-state index contributed by atoms with van der Waals surface area (Å²) in [5.41, 5.74) is 3.50. The van der Waals surface area contributed by atoms with E-state index in [1.54, 1.807) is 54.7 Å². The maximum Gasteiger partial charge on any atom is 0.257 e. The first-order valence-corrected chi connectivity index (χ1v) is 8.68. The van der Waals surface area contributed by atoms with Crippen molar-refractivity contribution in [2.24, 2.45) is 0 Å². The molecule has 0 bridgehead atoms. The molecule has 2 N–H and O–H groups in total. The zero-order valence-corrected chi connectivity index (χ0v) is 15.5. The zero-order valence-electron chi connectivity index (χ0n) is 15.5. The van der Waals surface area contributed by atoms with Crippen LogP contribution in [0.15, 0.2) is 67.0 Å². The topological polar surface area (TPSA) is 88.2 Å². The fraction of sp³-hybridized carbons (Fsp3) is 0.0909. The summed E-state index contributed by atoms with van der Waals surface area (Å²) in [4.78, 5) is 39.4. The van der Waals surface area contributed by atoms with Gasteiger partial charge in [-0.05, 0) is 56.3 Å². The Morgan fingerprint density at radius 3 is 2.07 bits per heavy atom. The van der Waals surface area contributed by atoms with E-state index in [1.807, 2.05) is 6.07 Å². The number of ketones is 2. The third-order valence-electron chi connectivity index (χ3n) is 4.11. The molecule has 3 aromatic rings. The van der Waals surface area contributed by atoms with Crippen LogP contribution in [-0.2, 0) is 0 Å². The quantitative estimate of drug-likeness (QED) is 0.622. The number of amides is 1. The Kier molecular flexibility index (Phi) is 5.60. The van der Waals surface area contributed by atoms with Crippen molar-refractivity contribution >= 4 is 34.5 Å². The lowest BCUT2D eigenvalue weighted by Gasteiger charge is -2.09. The van der Waals surface area contributed by atoms with Crippen LogP contribution in [0.3, 0.4) is 0 Å². The number of hydrogen-bond acceptors (Lipinski definition) is 5. The number of pyridine rings is 1. The minimum Gasteiger partial charge on any atom is -0.354 e. The molecule has 3 rings (SSSR count). The van der Waals surface area contributed by atoms with Crippen molar-refractivity contribution in [2.75, 3.05) is 10.6 Å². The summed E-state index contributed by atoms with van der Waals surface area (Å²) in [7, 11) is 0. The van der Waals surface area contributed by atoms with Gasteiger partial charge in [-0.15, -0.1) is 0 Å². The number of anilines is 3.